The van der Waals surface area contributed by atoms with Gasteiger partial charge in [0, 0.05) is 16.1 Å². The van der Waals surface area contributed by atoms with E-state index in [1.165, 1.54) is 0 Å². The second-order valence-electron chi connectivity index (χ2n) is 2.12. The zero-order chi connectivity index (χ0) is 7.56. The van der Waals surface area contributed by atoms with Gasteiger partial charge in [0.15, 0.2) is 6.54 Å². The van der Waals surface area contributed by atoms with Crippen molar-refractivity contribution < 1.29 is 19.4 Å². The number of ether oxygens (including phenoxy) is 1. The van der Waals surface area contributed by atoms with Crippen molar-refractivity contribution in [1.29, 1.82) is 0 Å². The van der Waals surface area contributed by atoms with Crippen LogP contribution in [0, 0.1) is 4.91 Å². The number of rotatable bonds is 1. The Morgan fingerprint density at radius 3 is 2.80 bits per heavy atom. The summed E-state index contributed by atoms with van der Waals surface area (Å²) in [5.74, 6) is 0. The molecule has 0 aromatic heterocycles. The lowest BCUT2D eigenvalue weighted by atomic mass is 10.4. The van der Waals surface area contributed by atoms with Crippen LogP contribution in [0.25, 0.3) is 0 Å². The molecule has 1 atom stereocenters. The molecule has 10 heavy (non-hydrogen) atoms. The number of carboxylic acid groups (broad SMARTS) is 1. The molecule has 0 amide bonds. The summed E-state index contributed by atoms with van der Waals surface area (Å²) in [6.45, 7) is 0.373. The topological polar surface area (TPSA) is 66.6 Å². The van der Waals surface area contributed by atoms with E-state index in [0.717, 1.165) is 0 Å². The minimum Gasteiger partial charge on any atom is -0.450 e. The summed E-state index contributed by atoms with van der Waals surface area (Å²) in [5, 5.41) is 8.10. The monoisotopic (exact) mass is 146 g/mol. The first-order chi connectivity index (χ1) is 4.70. The third kappa shape index (κ3) is 1.43. The number of nitroso groups, excluding NO2 is 1. The van der Waals surface area contributed by atoms with Gasteiger partial charge < -0.3 is 9.84 Å². The summed E-state index contributed by atoms with van der Waals surface area (Å²) in [6, 6.07) is 0. The molecule has 0 aliphatic carbocycles. The lowest BCUT2D eigenvalue weighted by Crippen LogP contribution is -2.22. The molecule has 5 nitrogen and oxygen atoms in total. The Bertz CT molecular complexity index is 167. The highest BCUT2D eigenvalue weighted by atomic mass is 16.7. The van der Waals surface area contributed by atoms with Gasteiger partial charge in [-0.15, -0.1) is 0 Å². The summed E-state index contributed by atoms with van der Waals surface area (Å²) in [7, 11) is 0. The Morgan fingerprint density at radius 1 is 1.70 bits per heavy atom. The zero-order valence-electron chi connectivity index (χ0n) is 5.32. The lowest BCUT2D eigenvalue weighted by Gasteiger charge is -1.97. The molecule has 0 saturated carbocycles. The van der Waals surface area contributed by atoms with Gasteiger partial charge in [-0.2, -0.15) is 0 Å². The third-order valence-electron chi connectivity index (χ3n) is 1.39. The average Bonchev–Trinajstić information content (AvgIpc) is 2.15. The molecule has 1 rings (SSSR count). The van der Waals surface area contributed by atoms with E-state index in [9.17, 15) is 9.70 Å². The Balaban J connectivity index is 2.40. The van der Waals surface area contributed by atoms with E-state index < -0.39 is 12.4 Å². The summed E-state index contributed by atoms with van der Waals surface area (Å²) in [5.41, 5.74) is 0. The highest BCUT2D eigenvalue weighted by Gasteiger charge is 2.34. The van der Waals surface area contributed by atoms with E-state index >= 15 is 0 Å². The molecule has 0 aromatic carbocycles. The predicted molar refractivity (Wildman–Crippen MR) is 30.6 cm³/mol. The van der Waals surface area contributed by atoms with Crippen molar-refractivity contribution in [3.8, 4) is 0 Å². The Labute approximate surface area is 57.2 Å². The molecule has 0 spiro atoms. The number of hydrogen-bond acceptors (Lipinski definition) is 3. The summed E-state index contributed by atoms with van der Waals surface area (Å²) >= 11 is 0. The van der Waals surface area contributed by atoms with E-state index in [4.69, 9.17) is 5.11 Å². The van der Waals surface area contributed by atoms with Crippen LogP contribution in [0.1, 0.15) is 12.8 Å². The van der Waals surface area contributed by atoms with Gasteiger partial charge in [0.1, 0.15) is 0 Å². The molecule has 1 heterocycles. The fourth-order valence-corrected chi connectivity index (χ4v) is 0.944. The Kier molecular flexibility index (Phi) is 1.84. The number of hydrogen-bond donors (Lipinski definition) is 1. The van der Waals surface area contributed by atoms with E-state index in [-0.39, 0.29) is 0 Å². The fourth-order valence-electron chi connectivity index (χ4n) is 0.944. The lowest BCUT2D eigenvalue weighted by molar-refractivity contribution is -0.603. The van der Waals surface area contributed by atoms with Crippen molar-refractivity contribution in [2.45, 2.75) is 19.1 Å². The molecule has 0 radical (unpaired) electrons. The first-order valence-electron chi connectivity index (χ1n) is 3.03. The number of carbonyl (C=O) groups is 1. The Hall–Kier alpha value is -1.13. The number of nitrogens with zero attached hydrogens (tertiary/aromatic N) is 1. The highest BCUT2D eigenvalue weighted by Crippen LogP contribution is 2.12. The molecule has 5 heteroatoms. The van der Waals surface area contributed by atoms with E-state index in [0.29, 0.717) is 24.1 Å². The summed E-state index contributed by atoms with van der Waals surface area (Å²) < 4.78 is 4.90. The average molecular weight is 146 g/mol. The van der Waals surface area contributed by atoms with Gasteiger partial charge in [-0.05, 0) is 0 Å². The summed E-state index contributed by atoms with van der Waals surface area (Å²) in [6.07, 6.45) is -0.928. The minimum atomic E-state index is -1.38. The van der Waals surface area contributed by atoms with Gasteiger partial charge in [0.25, 0.3) is 0 Å². The maximum Gasteiger partial charge on any atom is 0.510 e. The first-order valence-corrected chi connectivity index (χ1v) is 3.03. The standard InChI is InChI=1S/C5H7NO4/c7-5(8)10-4-2-1-3-6(4)9/h4H,1-3H2/p+1. The molecule has 56 valence electrons. The molecule has 0 aromatic rings. The van der Waals surface area contributed by atoms with E-state index in [1.807, 2.05) is 0 Å². The van der Waals surface area contributed by atoms with Gasteiger partial charge in [-0.25, -0.2) is 4.79 Å². The van der Waals surface area contributed by atoms with Crippen LogP contribution in [0.15, 0.2) is 0 Å². The fraction of sp³-hybridized carbons (Fsp3) is 0.800. The normalized spacial score (nSPS) is 24.8. The summed E-state index contributed by atoms with van der Waals surface area (Å²) in [4.78, 5) is 20.6. The van der Waals surface area contributed by atoms with Crippen LogP contribution in [0.5, 0.6) is 0 Å². The molecule has 0 bridgehead atoms. The van der Waals surface area contributed by atoms with Crippen LogP contribution in [-0.2, 0) is 4.74 Å². The van der Waals surface area contributed by atoms with Gasteiger partial charge in [0.05, 0.1) is 6.42 Å². The predicted octanol–water partition coefficient (Wildman–Crippen LogP) is 0.580. The quantitative estimate of drug-likeness (QED) is 0.434. The second kappa shape index (κ2) is 2.64. The third-order valence-corrected chi connectivity index (χ3v) is 1.39. The smallest absolute Gasteiger partial charge is 0.450 e. The van der Waals surface area contributed by atoms with Crippen LogP contribution in [0.3, 0.4) is 0 Å². The van der Waals surface area contributed by atoms with Gasteiger partial charge in [-0.1, -0.05) is 0 Å². The molecule has 1 aliphatic heterocycles. The van der Waals surface area contributed by atoms with Crippen molar-refractivity contribution >= 4 is 6.16 Å². The largest absolute Gasteiger partial charge is 0.510 e. The van der Waals surface area contributed by atoms with Crippen LogP contribution >= 0.6 is 0 Å². The van der Waals surface area contributed by atoms with Crippen LogP contribution in [-0.4, -0.2) is 28.8 Å². The van der Waals surface area contributed by atoms with Crippen molar-refractivity contribution in [3.63, 3.8) is 0 Å². The van der Waals surface area contributed by atoms with Crippen molar-refractivity contribution in [3.05, 3.63) is 4.91 Å². The SMILES string of the molecule is O=C(O)OC1CCC[N+]1=O. The zero-order valence-corrected chi connectivity index (χ0v) is 5.32. The Morgan fingerprint density at radius 2 is 2.40 bits per heavy atom. The highest BCUT2D eigenvalue weighted by molar-refractivity contribution is 5.56. The van der Waals surface area contributed by atoms with Crippen LogP contribution < -0.4 is 0 Å². The van der Waals surface area contributed by atoms with Crippen molar-refractivity contribution in [2.75, 3.05) is 6.54 Å². The minimum absolute atomic E-state index is 0.373. The van der Waals surface area contributed by atoms with Gasteiger partial charge in [-0.3, -0.25) is 0 Å². The van der Waals surface area contributed by atoms with E-state index in [2.05, 4.69) is 4.74 Å². The maximum atomic E-state index is 10.6. The molecular formula is C5H8NO4+. The molecule has 1 aliphatic rings. The molecule has 1 fully saturated rings. The van der Waals surface area contributed by atoms with Crippen molar-refractivity contribution in [2.24, 2.45) is 0 Å². The van der Waals surface area contributed by atoms with Gasteiger partial charge >= 0.3 is 12.4 Å². The first kappa shape index (κ1) is 6.98. The van der Waals surface area contributed by atoms with Gasteiger partial charge in [0.2, 0.25) is 0 Å². The molecule has 1 N–H and O–H groups in total. The van der Waals surface area contributed by atoms with Crippen LogP contribution in [0.4, 0.5) is 4.79 Å². The maximum absolute atomic E-state index is 10.6. The molecule has 1 unspecified atom stereocenters. The van der Waals surface area contributed by atoms with E-state index in [1.54, 1.807) is 0 Å². The molecule has 1 saturated heterocycles. The van der Waals surface area contributed by atoms with Crippen molar-refractivity contribution in [1.82, 2.24) is 0 Å². The van der Waals surface area contributed by atoms with Crippen LogP contribution in [0.2, 0.25) is 0 Å². The second-order valence-corrected chi connectivity index (χ2v) is 2.12. The molecular weight excluding hydrogens is 138 g/mol.